The van der Waals surface area contributed by atoms with E-state index in [9.17, 15) is 14.7 Å². The highest BCUT2D eigenvalue weighted by Crippen LogP contribution is 2.39. The maximum Gasteiger partial charge on any atom is 0.295 e. The number of benzene rings is 1. The molecule has 3 rings (SSSR count). The molecule has 0 saturated carbocycles. The first-order valence-corrected chi connectivity index (χ1v) is 9.51. The molecular weight excluding hydrogens is 378 g/mol. The Balaban J connectivity index is 2.06. The van der Waals surface area contributed by atoms with Gasteiger partial charge in [-0.15, -0.1) is 0 Å². The number of likely N-dealkylation sites (tertiary alicyclic amines) is 1. The first-order valence-electron chi connectivity index (χ1n) is 9.13. The number of quaternary nitrogens is 1. The van der Waals surface area contributed by atoms with Crippen LogP contribution in [0, 0.1) is 0 Å². The first kappa shape index (κ1) is 20.0. The molecule has 1 aliphatic heterocycles. The van der Waals surface area contributed by atoms with Crippen LogP contribution >= 0.6 is 11.6 Å². The highest BCUT2D eigenvalue weighted by atomic mass is 35.5. The Hall–Kier alpha value is -2.70. The van der Waals surface area contributed by atoms with E-state index in [-0.39, 0.29) is 11.3 Å². The van der Waals surface area contributed by atoms with Gasteiger partial charge < -0.3 is 14.9 Å². The molecule has 1 aromatic carbocycles. The summed E-state index contributed by atoms with van der Waals surface area (Å²) in [4.78, 5) is 32.4. The predicted octanol–water partition coefficient (Wildman–Crippen LogP) is 1.69. The van der Waals surface area contributed by atoms with Crippen LogP contribution in [0.5, 0.6) is 0 Å². The van der Waals surface area contributed by atoms with Crippen molar-refractivity contribution in [1.29, 1.82) is 0 Å². The van der Waals surface area contributed by atoms with Crippen molar-refractivity contribution in [3.8, 4) is 0 Å². The molecule has 0 bridgehead atoms. The van der Waals surface area contributed by atoms with Crippen LogP contribution in [0.25, 0.3) is 5.76 Å². The number of nitrogens with one attached hydrogen (secondary N) is 1. The number of ketones is 1. The van der Waals surface area contributed by atoms with Crippen LogP contribution < -0.4 is 4.90 Å². The quantitative estimate of drug-likeness (QED) is 0.439. The Kier molecular flexibility index (Phi) is 6.11. The van der Waals surface area contributed by atoms with Crippen molar-refractivity contribution < 1.29 is 19.6 Å². The van der Waals surface area contributed by atoms with E-state index in [0.29, 0.717) is 17.1 Å². The lowest BCUT2D eigenvalue weighted by molar-refractivity contribution is -0.858. The highest BCUT2D eigenvalue weighted by molar-refractivity contribution is 6.46. The summed E-state index contributed by atoms with van der Waals surface area (Å²) in [6.07, 6.45) is 3.97. The van der Waals surface area contributed by atoms with Crippen molar-refractivity contribution in [1.82, 2.24) is 9.88 Å². The Morgan fingerprint density at radius 2 is 1.79 bits per heavy atom. The summed E-state index contributed by atoms with van der Waals surface area (Å²) in [5, 5.41) is 11.4. The van der Waals surface area contributed by atoms with Crippen molar-refractivity contribution in [2.24, 2.45) is 0 Å². The average molecular weight is 401 g/mol. The van der Waals surface area contributed by atoms with Crippen LogP contribution in [0.3, 0.4) is 0 Å². The van der Waals surface area contributed by atoms with Gasteiger partial charge in [-0.3, -0.25) is 14.6 Å². The number of rotatable bonds is 6. The van der Waals surface area contributed by atoms with Gasteiger partial charge in [-0.25, -0.2) is 0 Å². The van der Waals surface area contributed by atoms with Gasteiger partial charge in [-0.05, 0) is 42.0 Å². The number of nitrogens with zero attached hydrogens (tertiary/aromatic N) is 2. The molecule has 2 aromatic rings. The predicted molar refractivity (Wildman–Crippen MR) is 107 cm³/mol. The van der Waals surface area contributed by atoms with Gasteiger partial charge in [0.1, 0.15) is 5.76 Å². The maximum absolute atomic E-state index is 12.8. The third-order valence-electron chi connectivity index (χ3n) is 4.76. The fourth-order valence-corrected chi connectivity index (χ4v) is 3.50. The number of halogens is 1. The molecule has 1 aromatic heterocycles. The van der Waals surface area contributed by atoms with Gasteiger partial charge in [-0.1, -0.05) is 11.6 Å². The lowest BCUT2D eigenvalue weighted by atomic mass is 9.96. The van der Waals surface area contributed by atoms with E-state index in [4.69, 9.17) is 11.6 Å². The second-order valence-corrected chi connectivity index (χ2v) is 7.53. The van der Waals surface area contributed by atoms with Gasteiger partial charge >= 0.3 is 0 Å². The summed E-state index contributed by atoms with van der Waals surface area (Å²) < 4.78 is 0. The summed E-state index contributed by atoms with van der Waals surface area (Å²) in [7, 11) is 4.07. The summed E-state index contributed by atoms with van der Waals surface area (Å²) >= 11 is 5.92. The van der Waals surface area contributed by atoms with E-state index < -0.39 is 17.7 Å². The number of aromatic nitrogens is 1. The monoisotopic (exact) mass is 400 g/mol. The van der Waals surface area contributed by atoms with Crippen molar-refractivity contribution in [3.05, 3.63) is 70.5 Å². The first-order chi connectivity index (χ1) is 13.4. The molecule has 28 heavy (non-hydrogen) atoms. The Bertz CT molecular complexity index is 895. The van der Waals surface area contributed by atoms with Crippen molar-refractivity contribution in [3.63, 3.8) is 0 Å². The second kappa shape index (κ2) is 8.54. The SMILES string of the molecule is C[NH+](C)CCCN1C(=O)C(=O)/C(=C(/O)c2ccc(Cl)cc2)[C@H]1c1ccncc1. The molecule has 1 atom stereocenters. The number of aliphatic hydroxyl groups is 1. The van der Waals surface area contributed by atoms with E-state index in [1.54, 1.807) is 53.7 Å². The fourth-order valence-electron chi connectivity index (χ4n) is 3.37. The number of hydrogen-bond acceptors (Lipinski definition) is 4. The topological polar surface area (TPSA) is 74.9 Å². The minimum Gasteiger partial charge on any atom is -0.507 e. The summed E-state index contributed by atoms with van der Waals surface area (Å²) in [5.41, 5.74) is 1.27. The zero-order valence-corrected chi connectivity index (χ0v) is 16.6. The lowest BCUT2D eigenvalue weighted by Crippen LogP contribution is -3.05. The largest absolute Gasteiger partial charge is 0.507 e. The summed E-state index contributed by atoms with van der Waals surface area (Å²) in [5.74, 6) is -1.46. The van der Waals surface area contributed by atoms with Gasteiger partial charge in [-0.2, -0.15) is 0 Å². The Morgan fingerprint density at radius 1 is 1.14 bits per heavy atom. The van der Waals surface area contributed by atoms with Crippen LogP contribution in [0.1, 0.15) is 23.6 Å². The summed E-state index contributed by atoms with van der Waals surface area (Å²) in [6.45, 7) is 1.30. The zero-order valence-electron chi connectivity index (χ0n) is 15.9. The number of pyridine rings is 1. The molecule has 146 valence electrons. The van der Waals surface area contributed by atoms with Gasteiger partial charge in [0, 0.05) is 35.9 Å². The van der Waals surface area contributed by atoms with E-state index in [1.165, 1.54) is 4.90 Å². The van der Waals surface area contributed by atoms with E-state index >= 15 is 0 Å². The minimum atomic E-state index is -0.675. The van der Waals surface area contributed by atoms with Gasteiger partial charge in [0.15, 0.2) is 0 Å². The number of hydrogen-bond donors (Lipinski definition) is 2. The fraction of sp³-hybridized carbons (Fsp3) is 0.286. The maximum atomic E-state index is 12.8. The van der Waals surface area contributed by atoms with Gasteiger partial charge in [0.25, 0.3) is 11.7 Å². The van der Waals surface area contributed by atoms with E-state index in [0.717, 1.165) is 18.5 Å². The number of amides is 1. The van der Waals surface area contributed by atoms with Crippen LogP contribution in [0.4, 0.5) is 0 Å². The van der Waals surface area contributed by atoms with Crippen LogP contribution in [-0.2, 0) is 9.59 Å². The molecule has 1 saturated heterocycles. The normalized spacial score (nSPS) is 18.9. The average Bonchev–Trinajstić information content (AvgIpc) is 2.93. The molecule has 2 N–H and O–H groups in total. The smallest absolute Gasteiger partial charge is 0.295 e. The number of Topliss-reactive ketones (excluding diaryl/α,β-unsaturated/α-hetero) is 1. The molecule has 1 amide bonds. The van der Waals surface area contributed by atoms with Gasteiger partial charge in [0.05, 0.1) is 32.3 Å². The van der Waals surface area contributed by atoms with Crippen LogP contribution in [-0.4, -0.2) is 53.9 Å². The third-order valence-corrected chi connectivity index (χ3v) is 5.01. The van der Waals surface area contributed by atoms with Crippen LogP contribution in [0.15, 0.2) is 54.4 Å². The molecule has 1 fully saturated rings. The Labute approximate surface area is 169 Å². The minimum absolute atomic E-state index is 0.0933. The van der Waals surface area contributed by atoms with E-state index in [2.05, 4.69) is 4.98 Å². The number of aliphatic hydroxyl groups excluding tert-OH is 1. The Morgan fingerprint density at radius 3 is 2.39 bits per heavy atom. The molecule has 0 unspecified atom stereocenters. The molecule has 0 aliphatic carbocycles. The van der Waals surface area contributed by atoms with E-state index in [1.807, 2.05) is 14.1 Å². The van der Waals surface area contributed by atoms with Crippen LogP contribution in [0.2, 0.25) is 5.02 Å². The number of carbonyl (C=O) groups excluding carboxylic acids is 2. The molecule has 6 nitrogen and oxygen atoms in total. The van der Waals surface area contributed by atoms with Crippen molar-refractivity contribution in [2.75, 3.05) is 27.2 Å². The highest BCUT2D eigenvalue weighted by Gasteiger charge is 2.45. The molecule has 7 heteroatoms. The zero-order chi connectivity index (χ0) is 20.3. The number of carbonyl (C=O) groups is 2. The molecular formula is C21H23ClN3O3+. The molecule has 0 spiro atoms. The molecule has 2 heterocycles. The van der Waals surface area contributed by atoms with Crippen molar-refractivity contribution in [2.45, 2.75) is 12.5 Å². The molecule has 1 aliphatic rings. The molecule has 0 radical (unpaired) electrons. The lowest BCUT2D eigenvalue weighted by Gasteiger charge is -2.25. The summed E-state index contributed by atoms with van der Waals surface area (Å²) in [6, 6.07) is 9.40. The second-order valence-electron chi connectivity index (χ2n) is 7.09. The standard InChI is InChI=1S/C21H22ClN3O3/c1-24(2)12-3-13-25-18(14-8-10-23-11-9-14)17(20(27)21(25)28)19(26)15-4-6-16(22)7-5-15/h4-11,18,26H,3,12-13H2,1-2H3/p+1/b19-17+/t18-/m1/s1. The van der Waals surface area contributed by atoms with Crippen molar-refractivity contribution >= 4 is 29.1 Å². The third kappa shape index (κ3) is 4.08. The van der Waals surface area contributed by atoms with Gasteiger partial charge in [0.2, 0.25) is 0 Å².